The summed E-state index contributed by atoms with van der Waals surface area (Å²) in [6.45, 7) is 5.77. The molecule has 1 atom stereocenters. The maximum atomic E-state index is 12.3. The van der Waals surface area contributed by atoms with Gasteiger partial charge in [-0.2, -0.15) is 0 Å². The lowest BCUT2D eigenvalue weighted by Crippen LogP contribution is -2.33. The van der Waals surface area contributed by atoms with E-state index in [1.165, 1.54) is 11.3 Å². The number of ether oxygens (including phenoxy) is 3. The minimum absolute atomic E-state index is 0.0946. The lowest BCUT2D eigenvalue weighted by Gasteiger charge is -2.23. The van der Waals surface area contributed by atoms with E-state index in [1.54, 1.807) is 12.1 Å². The van der Waals surface area contributed by atoms with Gasteiger partial charge in [0.25, 0.3) is 5.91 Å². The van der Waals surface area contributed by atoms with Crippen LogP contribution >= 0.6 is 11.3 Å². The summed E-state index contributed by atoms with van der Waals surface area (Å²) in [6.07, 6.45) is -0.0946. The van der Waals surface area contributed by atoms with Crippen LogP contribution in [0.15, 0.2) is 17.5 Å². The third-order valence-electron chi connectivity index (χ3n) is 3.32. The van der Waals surface area contributed by atoms with Crippen LogP contribution in [-0.2, 0) is 9.47 Å². The van der Waals surface area contributed by atoms with Crippen molar-refractivity contribution >= 4 is 22.4 Å². The fraction of sp³-hybridized carbons (Fsp3) is 0.438. The van der Waals surface area contributed by atoms with Crippen molar-refractivity contribution in [1.82, 2.24) is 9.97 Å². The van der Waals surface area contributed by atoms with Crippen molar-refractivity contribution < 1.29 is 19.0 Å². The predicted molar refractivity (Wildman–Crippen MR) is 89.8 cm³/mol. The van der Waals surface area contributed by atoms with Gasteiger partial charge in [-0.3, -0.25) is 10.1 Å². The molecule has 3 heterocycles. The average molecular weight is 349 g/mol. The van der Waals surface area contributed by atoms with Gasteiger partial charge in [0.15, 0.2) is 5.13 Å². The smallest absolute Gasteiger partial charge is 0.276 e. The summed E-state index contributed by atoms with van der Waals surface area (Å²) in [7, 11) is 0. The van der Waals surface area contributed by atoms with E-state index in [0.717, 1.165) is 5.69 Å². The van der Waals surface area contributed by atoms with E-state index in [0.29, 0.717) is 48.7 Å². The second-order valence-corrected chi connectivity index (χ2v) is 6.31. The molecule has 1 aliphatic rings. The summed E-state index contributed by atoms with van der Waals surface area (Å²) in [4.78, 5) is 20.8. The maximum Gasteiger partial charge on any atom is 0.276 e. The zero-order valence-electron chi connectivity index (χ0n) is 13.6. The van der Waals surface area contributed by atoms with Gasteiger partial charge in [0.05, 0.1) is 25.5 Å². The lowest BCUT2D eigenvalue weighted by molar-refractivity contribution is -0.101. The first-order chi connectivity index (χ1) is 11.6. The highest BCUT2D eigenvalue weighted by Crippen LogP contribution is 2.18. The van der Waals surface area contributed by atoms with E-state index in [-0.39, 0.29) is 12.0 Å². The van der Waals surface area contributed by atoms with Crippen LogP contribution in [0.25, 0.3) is 0 Å². The Morgan fingerprint density at radius 3 is 2.92 bits per heavy atom. The summed E-state index contributed by atoms with van der Waals surface area (Å²) >= 11 is 1.38. The quantitative estimate of drug-likeness (QED) is 0.891. The minimum Gasteiger partial charge on any atom is -0.491 e. The molecule has 7 nitrogen and oxygen atoms in total. The summed E-state index contributed by atoms with van der Waals surface area (Å²) in [5, 5.41) is 5.17. The minimum atomic E-state index is -0.310. The van der Waals surface area contributed by atoms with Crippen LogP contribution in [-0.4, -0.2) is 48.4 Å². The van der Waals surface area contributed by atoms with Crippen molar-refractivity contribution in [1.29, 1.82) is 0 Å². The summed E-state index contributed by atoms with van der Waals surface area (Å²) in [5.41, 5.74) is 1.86. The second kappa shape index (κ2) is 7.69. The van der Waals surface area contributed by atoms with Gasteiger partial charge in [0.1, 0.15) is 24.2 Å². The number of anilines is 1. The van der Waals surface area contributed by atoms with E-state index in [4.69, 9.17) is 14.2 Å². The number of pyridine rings is 1. The van der Waals surface area contributed by atoms with Crippen LogP contribution in [0.2, 0.25) is 0 Å². The van der Waals surface area contributed by atoms with Crippen LogP contribution in [0, 0.1) is 13.8 Å². The molecule has 1 aliphatic heterocycles. The van der Waals surface area contributed by atoms with Gasteiger partial charge in [0, 0.05) is 23.2 Å². The highest BCUT2D eigenvalue weighted by atomic mass is 32.1. The van der Waals surface area contributed by atoms with Crippen molar-refractivity contribution in [2.24, 2.45) is 0 Å². The third kappa shape index (κ3) is 4.50. The van der Waals surface area contributed by atoms with Gasteiger partial charge in [-0.05, 0) is 13.8 Å². The number of hydrogen-bond acceptors (Lipinski definition) is 7. The van der Waals surface area contributed by atoms with Crippen molar-refractivity contribution in [2.75, 3.05) is 31.7 Å². The Morgan fingerprint density at radius 1 is 1.33 bits per heavy atom. The largest absolute Gasteiger partial charge is 0.491 e. The molecule has 128 valence electrons. The first-order valence-electron chi connectivity index (χ1n) is 7.64. The number of thiazole rings is 1. The van der Waals surface area contributed by atoms with Gasteiger partial charge < -0.3 is 14.2 Å². The predicted octanol–water partition coefficient (Wildman–Crippen LogP) is 2.20. The van der Waals surface area contributed by atoms with Gasteiger partial charge in [-0.25, -0.2) is 9.97 Å². The Bertz CT molecular complexity index is 713. The number of hydrogen-bond donors (Lipinski definition) is 1. The van der Waals surface area contributed by atoms with Crippen LogP contribution in [0.3, 0.4) is 0 Å². The molecule has 0 spiro atoms. The SMILES string of the molecule is Cc1cc(OCC2COCCO2)cc(C(=O)Nc2nc(C)cs2)n1. The highest BCUT2D eigenvalue weighted by molar-refractivity contribution is 7.13. The van der Waals surface area contributed by atoms with Gasteiger partial charge in [-0.1, -0.05) is 0 Å². The molecule has 0 radical (unpaired) electrons. The van der Waals surface area contributed by atoms with Gasteiger partial charge >= 0.3 is 0 Å². The molecule has 24 heavy (non-hydrogen) atoms. The number of rotatable bonds is 5. The van der Waals surface area contributed by atoms with Crippen molar-refractivity contribution in [2.45, 2.75) is 20.0 Å². The molecule has 8 heteroatoms. The molecule has 1 amide bonds. The Labute approximate surface area is 144 Å². The molecule has 2 aromatic heterocycles. The van der Waals surface area contributed by atoms with Crippen LogP contribution < -0.4 is 10.1 Å². The third-order valence-corrected chi connectivity index (χ3v) is 4.20. The van der Waals surface area contributed by atoms with Gasteiger partial charge in [0.2, 0.25) is 0 Å². The standard InChI is InChI=1S/C16H19N3O4S/c1-10-5-12(23-8-13-7-21-3-4-22-13)6-14(17-10)15(20)19-16-18-11(2)9-24-16/h5-6,9,13H,3-4,7-8H2,1-2H3,(H,18,19,20). The second-order valence-electron chi connectivity index (χ2n) is 5.46. The number of carbonyl (C=O) groups is 1. The van der Waals surface area contributed by atoms with Crippen LogP contribution in [0.1, 0.15) is 21.9 Å². The highest BCUT2D eigenvalue weighted by Gasteiger charge is 2.16. The number of amides is 1. The fourth-order valence-electron chi connectivity index (χ4n) is 2.23. The number of nitrogens with zero attached hydrogens (tertiary/aromatic N) is 2. The molecule has 0 saturated carbocycles. The van der Waals surface area contributed by atoms with E-state index in [9.17, 15) is 4.79 Å². The molecule has 2 aromatic rings. The summed E-state index contributed by atoms with van der Waals surface area (Å²) < 4.78 is 16.6. The first-order valence-corrected chi connectivity index (χ1v) is 8.52. The Kier molecular flexibility index (Phi) is 5.39. The Morgan fingerprint density at radius 2 is 2.21 bits per heavy atom. The van der Waals surface area contributed by atoms with Crippen molar-refractivity contribution in [3.8, 4) is 5.75 Å². The molecule has 1 fully saturated rings. The van der Waals surface area contributed by atoms with Crippen LogP contribution in [0.5, 0.6) is 5.75 Å². The zero-order valence-corrected chi connectivity index (χ0v) is 14.4. The number of nitrogens with one attached hydrogen (secondary N) is 1. The molecule has 0 aromatic carbocycles. The first kappa shape index (κ1) is 16.8. The normalized spacial score (nSPS) is 17.5. The molecule has 1 unspecified atom stereocenters. The average Bonchev–Trinajstić information content (AvgIpc) is 2.98. The lowest BCUT2D eigenvalue weighted by atomic mass is 10.2. The van der Waals surface area contributed by atoms with E-state index in [1.807, 2.05) is 19.2 Å². The molecule has 0 bridgehead atoms. The molecule has 1 N–H and O–H groups in total. The molecule has 1 saturated heterocycles. The molecule has 3 rings (SSSR count). The van der Waals surface area contributed by atoms with Crippen molar-refractivity contribution in [3.05, 3.63) is 34.6 Å². The summed E-state index contributed by atoms with van der Waals surface area (Å²) in [6, 6.07) is 3.40. The molecular formula is C16H19N3O4S. The number of carbonyl (C=O) groups excluding carboxylic acids is 1. The van der Waals surface area contributed by atoms with Gasteiger partial charge in [-0.15, -0.1) is 11.3 Å². The monoisotopic (exact) mass is 349 g/mol. The zero-order chi connectivity index (χ0) is 16.9. The Balaban J connectivity index is 1.65. The topological polar surface area (TPSA) is 82.6 Å². The maximum absolute atomic E-state index is 12.3. The summed E-state index contributed by atoms with van der Waals surface area (Å²) in [5.74, 6) is 0.271. The number of aryl methyl sites for hydroxylation is 2. The Hall–Kier alpha value is -2.03. The number of aromatic nitrogens is 2. The molecular weight excluding hydrogens is 330 g/mol. The van der Waals surface area contributed by atoms with E-state index in [2.05, 4.69) is 15.3 Å². The van der Waals surface area contributed by atoms with Crippen LogP contribution in [0.4, 0.5) is 5.13 Å². The fourth-order valence-corrected chi connectivity index (χ4v) is 2.91. The van der Waals surface area contributed by atoms with E-state index >= 15 is 0 Å². The van der Waals surface area contributed by atoms with Crippen molar-refractivity contribution in [3.63, 3.8) is 0 Å². The van der Waals surface area contributed by atoms with E-state index < -0.39 is 0 Å². The molecule has 0 aliphatic carbocycles.